The van der Waals surface area contributed by atoms with Crippen LogP contribution in [0.5, 0.6) is 0 Å². The molecular formula is C4Cl5N5. The van der Waals surface area contributed by atoms with Crippen molar-refractivity contribution in [2.45, 2.75) is 8.13 Å². The fourth-order valence-electron chi connectivity index (χ4n) is 0.509. The lowest BCUT2D eigenvalue weighted by molar-refractivity contribution is 0.725. The topological polar surface area (TPSA) is 67.4 Å². The molecule has 0 aliphatic carbocycles. The molecule has 1 aromatic heterocycles. The summed E-state index contributed by atoms with van der Waals surface area (Å²) >= 11 is 27.8. The molecule has 0 atom stereocenters. The van der Waals surface area contributed by atoms with Crippen molar-refractivity contribution in [1.82, 2.24) is 20.2 Å². The molecule has 0 bridgehead atoms. The normalized spacial score (nSPS) is 12.6. The van der Waals surface area contributed by atoms with Crippen molar-refractivity contribution in [2.24, 2.45) is 0 Å². The molecule has 0 fully saturated rings. The van der Waals surface area contributed by atoms with Crippen LogP contribution in [-0.4, -0.2) is 24.0 Å². The number of rotatable bonds is 1. The number of nitrogens with zero attached hydrogens (tertiary/aromatic N) is 5. The molecule has 0 saturated carbocycles. The van der Waals surface area contributed by atoms with Gasteiger partial charge in [0.25, 0.3) is 0 Å². The van der Waals surface area contributed by atoms with Gasteiger partial charge in [-0.15, -0.1) is 10.2 Å². The number of aromatic nitrogens is 4. The largest absolute Gasteiger partial charge is 0.230 e. The van der Waals surface area contributed by atoms with E-state index in [-0.39, 0.29) is 5.82 Å². The summed E-state index contributed by atoms with van der Waals surface area (Å²) in [5.74, 6) is -0.262. The van der Waals surface area contributed by atoms with Gasteiger partial charge in [0.15, 0.2) is 0 Å². The van der Waals surface area contributed by atoms with Crippen LogP contribution in [0.25, 0.3) is 0 Å². The minimum atomic E-state index is -2.03. The zero-order valence-corrected chi connectivity index (χ0v) is 9.91. The van der Waals surface area contributed by atoms with Gasteiger partial charge in [-0.25, -0.2) is 0 Å². The number of halogens is 5. The second-order valence-electron chi connectivity index (χ2n) is 2.07. The van der Waals surface area contributed by atoms with E-state index in [1.807, 2.05) is 0 Å². The van der Waals surface area contributed by atoms with Gasteiger partial charge in [0, 0.05) is 0 Å². The van der Waals surface area contributed by atoms with Crippen molar-refractivity contribution in [1.29, 1.82) is 5.26 Å². The zero-order valence-electron chi connectivity index (χ0n) is 6.13. The van der Waals surface area contributed by atoms with E-state index in [4.69, 9.17) is 63.3 Å². The number of hydrogen-bond acceptors (Lipinski definition) is 4. The van der Waals surface area contributed by atoms with Gasteiger partial charge in [0.2, 0.25) is 20.1 Å². The molecule has 0 unspecified atom stereocenters. The third-order valence-corrected chi connectivity index (χ3v) is 3.48. The minimum Gasteiger partial charge on any atom is -0.169 e. The maximum absolute atomic E-state index is 8.38. The fraction of sp³-hybridized carbons (Fsp3) is 0.500. The van der Waals surface area contributed by atoms with Crippen LogP contribution in [0, 0.1) is 11.5 Å². The highest BCUT2D eigenvalue weighted by Crippen LogP contribution is 2.51. The quantitative estimate of drug-likeness (QED) is 0.743. The zero-order chi connectivity index (χ0) is 11.0. The van der Waals surface area contributed by atoms with Gasteiger partial charge in [-0.1, -0.05) is 62.8 Å². The maximum atomic E-state index is 8.38. The van der Waals surface area contributed by atoms with Gasteiger partial charge < -0.3 is 0 Å². The van der Waals surface area contributed by atoms with Crippen LogP contribution >= 0.6 is 58.0 Å². The van der Waals surface area contributed by atoms with Crippen LogP contribution in [0.15, 0.2) is 0 Å². The molecule has 1 rings (SSSR count). The molecule has 0 radical (unpaired) electrons. The van der Waals surface area contributed by atoms with E-state index in [2.05, 4.69) is 15.4 Å². The summed E-state index contributed by atoms with van der Waals surface area (Å²) in [4.78, 5) is 0.589. The number of alkyl halides is 5. The summed E-state index contributed by atoms with van der Waals surface area (Å²) in [5.41, 5.74) is 0. The molecule has 0 saturated heterocycles. The van der Waals surface area contributed by atoms with Crippen LogP contribution in [0.4, 0.5) is 0 Å². The Labute approximate surface area is 103 Å². The van der Waals surface area contributed by atoms with E-state index in [0.717, 1.165) is 0 Å². The SMILES string of the molecule is N#Cn1nnc(C(Cl)(Cl)C(Cl)(Cl)Cl)n1. The van der Waals surface area contributed by atoms with E-state index >= 15 is 0 Å². The number of hydrogen-bond donors (Lipinski definition) is 0. The summed E-state index contributed by atoms with van der Waals surface area (Å²) < 4.78 is -3.99. The molecule has 5 nitrogen and oxygen atoms in total. The van der Waals surface area contributed by atoms with E-state index in [1.54, 1.807) is 6.19 Å². The van der Waals surface area contributed by atoms with Crippen molar-refractivity contribution in [3.63, 3.8) is 0 Å². The van der Waals surface area contributed by atoms with E-state index in [9.17, 15) is 0 Å². The Balaban J connectivity index is 3.11. The molecule has 0 aliphatic rings. The first-order chi connectivity index (χ1) is 6.29. The second-order valence-corrected chi connectivity index (χ2v) is 5.68. The monoisotopic (exact) mass is 293 g/mol. The Bertz CT molecular complexity index is 372. The minimum absolute atomic E-state index is 0.262. The Hall–Kier alpha value is 0.0100. The first-order valence-corrected chi connectivity index (χ1v) is 4.83. The van der Waals surface area contributed by atoms with Crippen LogP contribution in [0.1, 0.15) is 5.82 Å². The molecule has 10 heteroatoms. The average Bonchev–Trinajstić information content (AvgIpc) is 2.49. The number of tetrazole rings is 1. The second kappa shape index (κ2) is 3.87. The van der Waals surface area contributed by atoms with Crippen molar-refractivity contribution in [2.75, 3.05) is 0 Å². The highest BCUT2D eigenvalue weighted by atomic mass is 35.6. The molecule has 76 valence electrons. The molecule has 0 N–H and O–H groups in total. The highest BCUT2D eigenvalue weighted by Gasteiger charge is 2.51. The Morgan fingerprint density at radius 3 is 2.14 bits per heavy atom. The van der Waals surface area contributed by atoms with Crippen LogP contribution < -0.4 is 0 Å². The first-order valence-electron chi connectivity index (χ1n) is 2.94. The van der Waals surface area contributed by atoms with Crippen LogP contribution in [0.2, 0.25) is 0 Å². The van der Waals surface area contributed by atoms with Gasteiger partial charge >= 0.3 is 0 Å². The lowest BCUT2D eigenvalue weighted by Crippen LogP contribution is -2.29. The molecular weight excluding hydrogens is 295 g/mol. The smallest absolute Gasteiger partial charge is 0.169 e. The molecule has 0 amide bonds. The standard InChI is InChI=1S/C4Cl5N5/c5-3(6,4(7,8)9)2-11-13-14(1-10)12-2. The third-order valence-electron chi connectivity index (χ3n) is 1.14. The lowest BCUT2D eigenvalue weighted by atomic mass is 10.4. The molecule has 14 heavy (non-hydrogen) atoms. The average molecular weight is 295 g/mol. The summed E-state index contributed by atoms with van der Waals surface area (Å²) in [7, 11) is 0. The summed E-state index contributed by atoms with van der Waals surface area (Å²) in [6, 6.07) is 0. The van der Waals surface area contributed by atoms with E-state index in [1.165, 1.54) is 0 Å². The van der Waals surface area contributed by atoms with Crippen molar-refractivity contribution in [3.8, 4) is 6.19 Å². The Morgan fingerprint density at radius 2 is 1.79 bits per heavy atom. The molecule has 0 aliphatic heterocycles. The predicted octanol–water partition coefficient (Wildman–Crippen LogP) is 2.00. The van der Waals surface area contributed by atoms with E-state index in [0.29, 0.717) is 4.80 Å². The van der Waals surface area contributed by atoms with Crippen molar-refractivity contribution >= 4 is 58.0 Å². The van der Waals surface area contributed by atoms with Gasteiger partial charge in [0.1, 0.15) is 0 Å². The van der Waals surface area contributed by atoms with Crippen molar-refractivity contribution in [3.05, 3.63) is 5.82 Å². The highest BCUT2D eigenvalue weighted by molar-refractivity contribution is 6.75. The van der Waals surface area contributed by atoms with Gasteiger partial charge in [-0.05, 0) is 5.21 Å². The van der Waals surface area contributed by atoms with Crippen LogP contribution in [0.3, 0.4) is 0 Å². The first kappa shape index (κ1) is 12.1. The van der Waals surface area contributed by atoms with Gasteiger partial charge in [0.05, 0.1) is 0 Å². The molecule has 1 heterocycles. The van der Waals surface area contributed by atoms with Crippen LogP contribution in [-0.2, 0) is 4.33 Å². The number of nitriles is 1. The Kier molecular flexibility index (Phi) is 3.34. The summed E-state index contributed by atoms with van der Waals surface area (Å²) in [6.07, 6.45) is 1.56. The van der Waals surface area contributed by atoms with Gasteiger partial charge in [-0.3, -0.25) is 0 Å². The fourth-order valence-corrected chi connectivity index (χ4v) is 0.914. The van der Waals surface area contributed by atoms with E-state index < -0.39 is 8.13 Å². The summed E-state index contributed by atoms with van der Waals surface area (Å²) in [5, 5.41) is 18.5. The molecule has 1 aromatic rings. The molecule has 0 spiro atoms. The van der Waals surface area contributed by atoms with Crippen molar-refractivity contribution < 1.29 is 0 Å². The predicted molar refractivity (Wildman–Crippen MR) is 52.5 cm³/mol. The summed E-state index contributed by atoms with van der Waals surface area (Å²) in [6.45, 7) is 0. The van der Waals surface area contributed by atoms with Gasteiger partial charge in [-0.2, -0.15) is 5.26 Å². The third kappa shape index (κ3) is 2.15. The molecule has 0 aromatic carbocycles. The maximum Gasteiger partial charge on any atom is 0.230 e. The Morgan fingerprint density at radius 1 is 1.21 bits per heavy atom. The lowest BCUT2D eigenvalue weighted by Gasteiger charge is -2.23.